The lowest BCUT2D eigenvalue weighted by Crippen LogP contribution is -2.50. The Hall–Kier alpha value is -2.33. The van der Waals surface area contributed by atoms with Crippen molar-refractivity contribution >= 4 is 42.6 Å². The molecule has 158 valence electrons. The van der Waals surface area contributed by atoms with Gasteiger partial charge in [-0.05, 0) is 44.0 Å². The summed E-state index contributed by atoms with van der Waals surface area (Å²) in [5, 5.41) is 3.51. The van der Waals surface area contributed by atoms with E-state index in [1.165, 1.54) is 11.3 Å². The number of rotatable bonds is 6. The SMILES string of the molecule is CC(C(=O)Nc1nc2ccccc2s1)N1CCC(NS(=O)(=O)c2ccccc2)CC1. The molecule has 30 heavy (non-hydrogen) atoms. The monoisotopic (exact) mass is 444 g/mol. The minimum atomic E-state index is -3.52. The highest BCUT2D eigenvalue weighted by atomic mass is 32.2. The number of benzene rings is 2. The van der Waals surface area contributed by atoms with E-state index in [0.29, 0.717) is 31.1 Å². The van der Waals surface area contributed by atoms with E-state index < -0.39 is 10.0 Å². The van der Waals surface area contributed by atoms with Crippen molar-refractivity contribution in [2.75, 3.05) is 18.4 Å². The summed E-state index contributed by atoms with van der Waals surface area (Å²) in [5.41, 5.74) is 0.872. The molecule has 0 spiro atoms. The Morgan fingerprint density at radius 1 is 1.10 bits per heavy atom. The number of carbonyl (C=O) groups excluding carboxylic acids is 1. The van der Waals surface area contributed by atoms with Gasteiger partial charge in [0.15, 0.2) is 5.13 Å². The normalized spacial score (nSPS) is 17.1. The van der Waals surface area contributed by atoms with Crippen LogP contribution in [0.4, 0.5) is 5.13 Å². The Balaban J connectivity index is 1.31. The van der Waals surface area contributed by atoms with Gasteiger partial charge in [-0.25, -0.2) is 18.1 Å². The third-order valence-corrected chi connectivity index (χ3v) is 7.84. The highest BCUT2D eigenvalue weighted by Gasteiger charge is 2.29. The summed E-state index contributed by atoms with van der Waals surface area (Å²) in [7, 11) is -3.52. The topological polar surface area (TPSA) is 91.4 Å². The molecule has 4 rings (SSSR count). The maximum Gasteiger partial charge on any atom is 0.243 e. The van der Waals surface area contributed by atoms with E-state index in [0.717, 1.165) is 10.2 Å². The van der Waals surface area contributed by atoms with Crippen LogP contribution < -0.4 is 10.0 Å². The molecule has 2 N–H and O–H groups in total. The number of amides is 1. The summed E-state index contributed by atoms with van der Waals surface area (Å²) in [6.45, 7) is 3.17. The highest BCUT2D eigenvalue weighted by Crippen LogP contribution is 2.26. The van der Waals surface area contributed by atoms with E-state index >= 15 is 0 Å². The number of nitrogens with zero attached hydrogens (tertiary/aromatic N) is 2. The molecule has 0 aliphatic carbocycles. The summed E-state index contributed by atoms with van der Waals surface area (Å²) in [5.74, 6) is -0.0997. The van der Waals surface area contributed by atoms with Gasteiger partial charge in [-0.3, -0.25) is 9.69 Å². The summed E-state index contributed by atoms with van der Waals surface area (Å²) >= 11 is 1.46. The van der Waals surface area contributed by atoms with Gasteiger partial charge in [-0.15, -0.1) is 0 Å². The van der Waals surface area contributed by atoms with Crippen LogP contribution in [0.5, 0.6) is 0 Å². The first-order chi connectivity index (χ1) is 14.4. The number of fused-ring (bicyclic) bond motifs is 1. The van der Waals surface area contributed by atoms with Gasteiger partial charge in [0.25, 0.3) is 0 Å². The van der Waals surface area contributed by atoms with E-state index in [4.69, 9.17) is 0 Å². The Labute approximate surface area is 180 Å². The second-order valence-electron chi connectivity index (χ2n) is 7.40. The van der Waals surface area contributed by atoms with Crippen molar-refractivity contribution in [1.82, 2.24) is 14.6 Å². The van der Waals surface area contributed by atoms with Crippen LogP contribution in [0.2, 0.25) is 0 Å². The number of thiazole rings is 1. The largest absolute Gasteiger partial charge is 0.301 e. The van der Waals surface area contributed by atoms with Gasteiger partial charge in [0.05, 0.1) is 21.2 Å². The first-order valence-corrected chi connectivity index (χ1v) is 12.2. The molecule has 3 aromatic rings. The third-order valence-electron chi connectivity index (χ3n) is 5.36. The fourth-order valence-electron chi connectivity index (χ4n) is 3.59. The predicted octanol–water partition coefficient (Wildman–Crippen LogP) is 3.07. The van der Waals surface area contributed by atoms with Gasteiger partial charge in [-0.2, -0.15) is 0 Å². The van der Waals surface area contributed by atoms with Crippen LogP contribution >= 0.6 is 11.3 Å². The van der Waals surface area contributed by atoms with Gasteiger partial charge in [0, 0.05) is 19.1 Å². The summed E-state index contributed by atoms with van der Waals surface area (Å²) in [6.07, 6.45) is 1.32. The van der Waals surface area contributed by atoms with Crippen LogP contribution in [0.25, 0.3) is 10.2 Å². The standard InChI is InChI=1S/C21H24N4O3S2/c1-15(20(26)23-21-22-18-9-5-6-10-19(18)29-21)25-13-11-16(12-14-25)24-30(27,28)17-7-3-2-4-8-17/h2-10,15-16,24H,11-14H2,1H3,(H,22,23,26). The van der Waals surface area contributed by atoms with E-state index in [2.05, 4.69) is 19.9 Å². The molecule has 1 saturated heterocycles. The van der Waals surface area contributed by atoms with Crippen LogP contribution in [0.1, 0.15) is 19.8 Å². The average Bonchev–Trinajstić information content (AvgIpc) is 3.16. The minimum Gasteiger partial charge on any atom is -0.301 e. The number of anilines is 1. The fraction of sp³-hybridized carbons (Fsp3) is 0.333. The molecule has 1 amide bonds. The number of nitrogens with one attached hydrogen (secondary N) is 2. The molecule has 1 atom stereocenters. The average molecular weight is 445 g/mol. The van der Waals surface area contributed by atoms with Crippen LogP contribution in [0, 0.1) is 0 Å². The predicted molar refractivity (Wildman–Crippen MR) is 119 cm³/mol. The van der Waals surface area contributed by atoms with E-state index in [1.54, 1.807) is 30.3 Å². The second kappa shape index (κ2) is 8.81. The van der Waals surface area contributed by atoms with Gasteiger partial charge < -0.3 is 5.32 Å². The van der Waals surface area contributed by atoms with Crippen molar-refractivity contribution in [3.05, 3.63) is 54.6 Å². The molecular formula is C21H24N4O3S2. The number of hydrogen-bond acceptors (Lipinski definition) is 6. The molecule has 1 aliphatic heterocycles. The van der Waals surface area contributed by atoms with Crippen molar-refractivity contribution in [1.29, 1.82) is 0 Å². The Bertz CT molecular complexity index is 1090. The molecular weight excluding hydrogens is 420 g/mol. The smallest absolute Gasteiger partial charge is 0.243 e. The van der Waals surface area contributed by atoms with Gasteiger partial charge in [-0.1, -0.05) is 41.7 Å². The molecule has 0 bridgehead atoms. The third kappa shape index (κ3) is 4.70. The molecule has 0 radical (unpaired) electrons. The lowest BCUT2D eigenvalue weighted by Gasteiger charge is -2.35. The van der Waals surface area contributed by atoms with E-state index in [1.807, 2.05) is 31.2 Å². The van der Waals surface area contributed by atoms with Crippen LogP contribution in [0.3, 0.4) is 0 Å². The van der Waals surface area contributed by atoms with Crippen LogP contribution in [-0.4, -0.2) is 49.4 Å². The van der Waals surface area contributed by atoms with E-state index in [9.17, 15) is 13.2 Å². The van der Waals surface area contributed by atoms with Gasteiger partial charge in [0.1, 0.15) is 0 Å². The zero-order valence-corrected chi connectivity index (χ0v) is 18.2. The van der Waals surface area contributed by atoms with Gasteiger partial charge in [0.2, 0.25) is 15.9 Å². The molecule has 2 heterocycles. The number of hydrogen-bond donors (Lipinski definition) is 2. The minimum absolute atomic E-state index is 0.0997. The summed E-state index contributed by atoms with van der Waals surface area (Å²) in [6, 6.07) is 15.7. The molecule has 2 aromatic carbocycles. The zero-order chi connectivity index (χ0) is 21.1. The van der Waals surface area contributed by atoms with E-state index in [-0.39, 0.29) is 22.9 Å². The quantitative estimate of drug-likeness (QED) is 0.610. The zero-order valence-electron chi connectivity index (χ0n) is 16.6. The lowest BCUT2D eigenvalue weighted by molar-refractivity contribution is -0.121. The molecule has 7 nitrogen and oxygen atoms in total. The van der Waals surface area contributed by atoms with Crippen LogP contribution in [-0.2, 0) is 14.8 Å². The van der Waals surface area contributed by atoms with Gasteiger partial charge >= 0.3 is 0 Å². The number of carbonyl (C=O) groups is 1. The Morgan fingerprint density at radius 2 is 1.77 bits per heavy atom. The molecule has 0 saturated carbocycles. The molecule has 9 heteroatoms. The van der Waals surface area contributed by atoms with Crippen molar-refractivity contribution in [2.24, 2.45) is 0 Å². The fourth-order valence-corrected chi connectivity index (χ4v) is 5.79. The molecule has 1 aliphatic rings. The maximum absolute atomic E-state index is 12.7. The maximum atomic E-state index is 12.7. The molecule has 1 aromatic heterocycles. The molecule has 1 fully saturated rings. The first-order valence-electron chi connectivity index (χ1n) is 9.90. The highest BCUT2D eigenvalue weighted by molar-refractivity contribution is 7.89. The molecule has 1 unspecified atom stereocenters. The van der Waals surface area contributed by atoms with Crippen LogP contribution in [0.15, 0.2) is 59.5 Å². The number of para-hydroxylation sites is 1. The number of sulfonamides is 1. The number of likely N-dealkylation sites (tertiary alicyclic amines) is 1. The lowest BCUT2D eigenvalue weighted by atomic mass is 10.0. The van der Waals surface area contributed by atoms with Crippen molar-refractivity contribution in [2.45, 2.75) is 36.7 Å². The van der Waals surface area contributed by atoms with Crippen molar-refractivity contribution < 1.29 is 13.2 Å². The van der Waals surface area contributed by atoms with Crippen molar-refractivity contribution in [3.8, 4) is 0 Å². The summed E-state index contributed by atoms with van der Waals surface area (Å²) in [4.78, 5) is 19.5. The second-order valence-corrected chi connectivity index (χ2v) is 10.1. The Kier molecular flexibility index (Phi) is 6.14. The van der Waals surface area contributed by atoms with Crippen molar-refractivity contribution in [3.63, 3.8) is 0 Å². The summed E-state index contributed by atoms with van der Waals surface area (Å²) < 4.78 is 28.8. The number of aromatic nitrogens is 1. The first kappa shape index (κ1) is 20.9. The Morgan fingerprint density at radius 3 is 2.47 bits per heavy atom. The number of piperidine rings is 1.